The molecular formula is C12H20N4. The van der Waals surface area contributed by atoms with Crippen LogP contribution in [0.1, 0.15) is 44.7 Å². The lowest BCUT2D eigenvalue weighted by Gasteiger charge is -2.13. The van der Waals surface area contributed by atoms with Crippen LogP contribution in [-0.2, 0) is 0 Å². The van der Waals surface area contributed by atoms with Gasteiger partial charge in [-0.25, -0.2) is 4.98 Å². The van der Waals surface area contributed by atoms with E-state index in [9.17, 15) is 0 Å². The van der Waals surface area contributed by atoms with E-state index >= 15 is 0 Å². The van der Waals surface area contributed by atoms with E-state index in [1.807, 2.05) is 7.05 Å². The van der Waals surface area contributed by atoms with Crippen molar-refractivity contribution in [2.24, 2.45) is 0 Å². The van der Waals surface area contributed by atoms with Crippen LogP contribution >= 0.6 is 0 Å². The lowest BCUT2D eigenvalue weighted by Crippen LogP contribution is -2.16. The Morgan fingerprint density at radius 1 is 1.44 bits per heavy atom. The zero-order chi connectivity index (χ0) is 11.5. The molecule has 2 N–H and O–H groups in total. The summed E-state index contributed by atoms with van der Waals surface area (Å²) in [5.41, 5.74) is 1.17. The van der Waals surface area contributed by atoms with Gasteiger partial charge in [-0.2, -0.15) is 4.98 Å². The predicted octanol–water partition coefficient (Wildman–Crippen LogP) is 2.61. The highest BCUT2D eigenvalue weighted by molar-refractivity contribution is 5.43. The number of nitrogens with zero attached hydrogens (tertiary/aromatic N) is 2. The molecule has 1 aliphatic carbocycles. The fraction of sp³-hybridized carbons (Fsp3) is 0.667. The molecule has 0 saturated heterocycles. The molecule has 0 spiro atoms. The summed E-state index contributed by atoms with van der Waals surface area (Å²) in [6.07, 6.45) is 3.61. The van der Waals surface area contributed by atoms with Crippen LogP contribution in [0, 0.1) is 0 Å². The number of rotatable bonds is 5. The van der Waals surface area contributed by atoms with Crippen molar-refractivity contribution >= 4 is 11.8 Å². The van der Waals surface area contributed by atoms with Crippen LogP contribution in [-0.4, -0.2) is 23.1 Å². The first-order valence-corrected chi connectivity index (χ1v) is 6.06. The Morgan fingerprint density at radius 2 is 2.19 bits per heavy atom. The van der Waals surface area contributed by atoms with Gasteiger partial charge in [0.2, 0.25) is 5.95 Å². The van der Waals surface area contributed by atoms with Gasteiger partial charge in [-0.05, 0) is 26.2 Å². The van der Waals surface area contributed by atoms with Crippen LogP contribution in [0.5, 0.6) is 0 Å². The molecule has 1 fully saturated rings. The quantitative estimate of drug-likeness (QED) is 0.801. The number of hydrogen-bond donors (Lipinski definition) is 2. The smallest absolute Gasteiger partial charge is 0.225 e. The van der Waals surface area contributed by atoms with Crippen molar-refractivity contribution < 1.29 is 0 Å². The van der Waals surface area contributed by atoms with Gasteiger partial charge in [0.05, 0.1) is 5.69 Å². The predicted molar refractivity (Wildman–Crippen MR) is 66.9 cm³/mol. The van der Waals surface area contributed by atoms with Crippen molar-refractivity contribution in [2.45, 2.75) is 45.1 Å². The molecule has 0 radical (unpaired) electrons. The molecule has 0 amide bonds. The minimum atomic E-state index is 0.416. The standard InChI is InChI=1S/C12H20N4/c1-4-8(2)14-12-15-10(9-5-6-9)7-11(13-3)16-12/h7-9H,4-6H2,1-3H3,(H2,13,14,15,16)/t8-/m1/s1. The molecule has 1 saturated carbocycles. The number of aromatic nitrogens is 2. The third-order valence-corrected chi connectivity index (χ3v) is 2.99. The Kier molecular flexibility index (Phi) is 3.27. The Bertz CT molecular complexity index is 360. The van der Waals surface area contributed by atoms with E-state index in [0.29, 0.717) is 12.0 Å². The maximum absolute atomic E-state index is 4.57. The van der Waals surface area contributed by atoms with Crippen LogP contribution < -0.4 is 10.6 Å². The molecule has 0 aliphatic heterocycles. The van der Waals surface area contributed by atoms with Gasteiger partial charge in [0.15, 0.2) is 0 Å². The highest BCUT2D eigenvalue weighted by Gasteiger charge is 2.26. The van der Waals surface area contributed by atoms with Crippen LogP contribution in [0.15, 0.2) is 6.07 Å². The van der Waals surface area contributed by atoms with E-state index in [-0.39, 0.29) is 0 Å². The molecule has 0 unspecified atom stereocenters. The van der Waals surface area contributed by atoms with Gasteiger partial charge >= 0.3 is 0 Å². The number of hydrogen-bond acceptors (Lipinski definition) is 4. The van der Waals surface area contributed by atoms with E-state index in [1.165, 1.54) is 18.5 Å². The summed E-state index contributed by atoms with van der Waals surface area (Å²) in [6.45, 7) is 4.30. The highest BCUT2D eigenvalue weighted by Crippen LogP contribution is 2.39. The fourth-order valence-electron chi connectivity index (χ4n) is 1.57. The molecule has 1 aliphatic rings. The van der Waals surface area contributed by atoms with Crippen LogP contribution in [0.3, 0.4) is 0 Å². The minimum Gasteiger partial charge on any atom is -0.373 e. The lowest BCUT2D eigenvalue weighted by atomic mass is 10.2. The number of nitrogens with one attached hydrogen (secondary N) is 2. The summed E-state index contributed by atoms with van der Waals surface area (Å²) in [5.74, 6) is 2.32. The van der Waals surface area contributed by atoms with E-state index < -0.39 is 0 Å². The fourth-order valence-corrected chi connectivity index (χ4v) is 1.57. The molecule has 1 aromatic rings. The van der Waals surface area contributed by atoms with Gasteiger partial charge in [-0.3, -0.25) is 0 Å². The second-order valence-electron chi connectivity index (χ2n) is 4.48. The third kappa shape index (κ3) is 2.62. The van der Waals surface area contributed by atoms with Crippen molar-refractivity contribution in [1.29, 1.82) is 0 Å². The molecule has 88 valence electrons. The topological polar surface area (TPSA) is 49.8 Å². The first kappa shape index (κ1) is 11.2. The largest absolute Gasteiger partial charge is 0.373 e. The Labute approximate surface area is 96.9 Å². The average molecular weight is 220 g/mol. The normalized spacial score (nSPS) is 16.9. The second-order valence-corrected chi connectivity index (χ2v) is 4.48. The summed E-state index contributed by atoms with van der Waals surface area (Å²) in [6, 6.07) is 2.47. The van der Waals surface area contributed by atoms with Crippen molar-refractivity contribution in [1.82, 2.24) is 9.97 Å². The Morgan fingerprint density at radius 3 is 2.75 bits per heavy atom. The average Bonchev–Trinajstić information content (AvgIpc) is 3.12. The molecule has 1 atom stereocenters. The summed E-state index contributed by atoms with van der Waals surface area (Å²) >= 11 is 0. The maximum atomic E-state index is 4.57. The molecule has 0 bridgehead atoms. The first-order chi connectivity index (χ1) is 7.72. The van der Waals surface area contributed by atoms with Gasteiger partial charge in [0.25, 0.3) is 0 Å². The van der Waals surface area contributed by atoms with E-state index in [1.54, 1.807) is 0 Å². The van der Waals surface area contributed by atoms with Crippen molar-refractivity contribution in [3.05, 3.63) is 11.8 Å². The molecule has 4 nitrogen and oxygen atoms in total. The van der Waals surface area contributed by atoms with Gasteiger partial charge in [0, 0.05) is 25.1 Å². The molecule has 16 heavy (non-hydrogen) atoms. The first-order valence-electron chi connectivity index (χ1n) is 6.06. The molecular weight excluding hydrogens is 200 g/mol. The highest BCUT2D eigenvalue weighted by atomic mass is 15.1. The molecule has 0 aromatic carbocycles. The van der Waals surface area contributed by atoms with Crippen molar-refractivity contribution in [3.63, 3.8) is 0 Å². The van der Waals surface area contributed by atoms with Gasteiger partial charge < -0.3 is 10.6 Å². The molecule has 1 aromatic heterocycles. The Hall–Kier alpha value is -1.32. The zero-order valence-corrected chi connectivity index (χ0v) is 10.2. The molecule has 2 rings (SSSR count). The van der Waals surface area contributed by atoms with Crippen LogP contribution in [0.4, 0.5) is 11.8 Å². The summed E-state index contributed by atoms with van der Waals surface area (Å²) < 4.78 is 0. The molecule has 4 heteroatoms. The zero-order valence-electron chi connectivity index (χ0n) is 10.2. The third-order valence-electron chi connectivity index (χ3n) is 2.99. The van der Waals surface area contributed by atoms with Gasteiger partial charge in [-0.15, -0.1) is 0 Å². The minimum absolute atomic E-state index is 0.416. The van der Waals surface area contributed by atoms with Gasteiger partial charge in [-0.1, -0.05) is 6.92 Å². The van der Waals surface area contributed by atoms with E-state index in [2.05, 4.69) is 40.5 Å². The molecule has 1 heterocycles. The monoisotopic (exact) mass is 220 g/mol. The Balaban J connectivity index is 2.18. The van der Waals surface area contributed by atoms with Crippen molar-refractivity contribution in [3.8, 4) is 0 Å². The van der Waals surface area contributed by atoms with Crippen LogP contribution in [0.25, 0.3) is 0 Å². The maximum Gasteiger partial charge on any atom is 0.225 e. The van der Waals surface area contributed by atoms with Gasteiger partial charge in [0.1, 0.15) is 5.82 Å². The lowest BCUT2D eigenvalue weighted by molar-refractivity contribution is 0.750. The summed E-state index contributed by atoms with van der Waals surface area (Å²) in [5, 5.41) is 6.42. The summed E-state index contributed by atoms with van der Waals surface area (Å²) in [7, 11) is 1.89. The van der Waals surface area contributed by atoms with Crippen LogP contribution in [0.2, 0.25) is 0 Å². The van der Waals surface area contributed by atoms with E-state index in [0.717, 1.165) is 18.2 Å². The SMILES string of the molecule is CC[C@@H](C)Nc1nc(NC)cc(C2CC2)n1. The second kappa shape index (κ2) is 4.68. The summed E-state index contributed by atoms with van der Waals surface area (Å²) in [4.78, 5) is 8.99. The number of anilines is 2. The van der Waals surface area contributed by atoms with Crippen molar-refractivity contribution in [2.75, 3.05) is 17.7 Å². The van der Waals surface area contributed by atoms with E-state index in [4.69, 9.17) is 0 Å².